The van der Waals surface area contributed by atoms with E-state index in [1.54, 1.807) is 0 Å². The van der Waals surface area contributed by atoms with Crippen LogP contribution in [0.4, 0.5) is 0 Å². The summed E-state index contributed by atoms with van der Waals surface area (Å²) >= 11 is 25.3. The fourth-order valence-electron chi connectivity index (χ4n) is 3.62. The van der Waals surface area contributed by atoms with E-state index >= 15 is 0 Å². The van der Waals surface area contributed by atoms with Crippen molar-refractivity contribution in [3.8, 4) is 22.3 Å². The number of hydrogen-bond acceptors (Lipinski definition) is 1. The molecule has 4 aromatic carbocycles. The van der Waals surface area contributed by atoms with Crippen LogP contribution in [0.5, 0.6) is 0 Å². The van der Waals surface area contributed by atoms with Gasteiger partial charge in [0.1, 0.15) is 5.78 Å². The van der Waals surface area contributed by atoms with Gasteiger partial charge in [0.05, 0.1) is 10.0 Å². The van der Waals surface area contributed by atoms with Crippen molar-refractivity contribution in [3.63, 3.8) is 0 Å². The van der Waals surface area contributed by atoms with Gasteiger partial charge in [0.25, 0.3) is 0 Å². The van der Waals surface area contributed by atoms with Gasteiger partial charge in [-0.05, 0) is 46.5 Å². The van der Waals surface area contributed by atoms with Crippen molar-refractivity contribution in [2.24, 2.45) is 0 Å². The van der Waals surface area contributed by atoms with E-state index in [2.05, 4.69) is 0 Å². The highest BCUT2D eigenvalue weighted by Crippen LogP contribution is 2.34. The maximum atomic E-state index is 12.9. The monoisotopic (exact) mass is 498 g/mol. The summed E-state index contributed by atoms with van der Waals surface area (Å²) in [5.74, 6) is 0.0373. The van der Waals surface area contributed by atoms with Gasteiger partial charge in [-0.25, -0.2) is 0 Å². The molecule has 0 radical (unpaired) electrons. The van der Waals surface area contributed by atoms with Gasteiger partial charge in [0.15, 0.2) is 0 Å². The molecule has 0 fully saturated rings. The lowest BCUT2D eigenvalue weighted by atomic mass is 9.96. The standard InChI is InChI=1S/C27H18Cl4O/c28-21-11-7-17(8-12-21)24-5-1-3-19(26(24)30)15-23(32)16-20-4-2-6-25(27(20)31)18-9-13-22(29)14-10-18/h1-14H,15-16H2. The number of carbonyl (C=O) groups is 1. The zero-order valence-corrected chi connectivity index (χ0v) is 19.9. The van der Waals surface area contributed by atoms with Crippen LogP contribution in [0.25, 0.3) is 22.3 Å². The molecule has 0 saturated carbocycles. The molecule has 160 valence electrons. The van der Waals surface area contributed by atoms with Gasteiger partial charge >= 0.3 is 0 Å². The van der Waals surface area contributed by atoms with Crippen LogP contribution in [0.3, 0.4) is 0 Å². The van der Waals surface area contributed by atoms with Crippen LogP contribution >= 0.6 is 46.4 Å². The van der Waals surface area contributed by atoms with E-state index in [0.29, 0.717) is 20.1 Å². The van der Waals surface area contributed by atoms with Gasteiger partial charge in [-0.1, -0.05) is 107 Å². The summed E-state index contributed by atoms with van der Waals surface area (Å²) in [4.78, 5) is 12.9. The minimum absolute atomic E-state index is 0.0373. The Labute approximate surface area is 207 Å². The molecule has 0 aliphatic rings. The molecule has 5 heteroatoms. The fourth-order valence-corrected chi connectivity index (χ4v) is 4.48. The first kappa shape index (κ1) is 22.9. The molecule has 4 rings (SSSR count). The van der Waals surface area contributed by atoms with Crippen molar-refractivity contribution < 1.29 is 4.79 Å². The second-order valence-electron chi connectivity index (χ2n) is 7.46. The molecule has 0 atom stereocenters. The summed E-state index contributed by atoms with van der Waals surface area (Å²) in [5.41, 5.74) is 5.22. The molecule has 0 aromatic heterocycles. The lowest BCUT2D eigenvalue weighted by molar-refractivity contribution is -0.117. The largest absolute Gasteiger partial charge is 0.299 e. The molecule has 0 heterocycles. The highest BCUT2D eigenvalue weighted by atomic mass is 35.5. The number of benzene rings is 4. The van der Waals surface area contributed by atoms with Crippen LogP contribution in [0.1, 0.15) is 11.1 Å². The predicted molar refractivity (Wildman–Crippen MR) is 136 cm³/mol. The third kappa shape index (κ3) is 5.19. The number of rotatable bonds is 6. The molecule has 0 amide bonds. The Kier molecular flexibility index (Phi) is 7.23. The number of carbonyl (C=O) groups excluding carboxylic acids is 1. The first-order valence-electron chi connectivity index (χ1n) is 10.0. The molecule has 32 heavy (non-hydrogen) atoms. The first-order valence-corrected chi connectivity index (χ1v) is 11.5. The molecule has 0 aliphatic carbocycles. The zero-order valence-electron chi connectivity index (χ0n) is 16.9. The smallest absolute Gasteiger partial charge is 0.141 e. The maximum absolute atomic E-state index is 12.9. The van der Waals surface area contributed by atoms with Crippen molar-refractivity contribution in [1.82, 2.24) is 0 Å². The molecule has 0 bridgehead atoms. The Hall–Kier alpha value is -2.29. The van der Waals surface area contributed by atoms with Crippen LogP contribution in [0.15, 0.2) is 84.9 Å². The third-order valence-corrected chi connectivity index (χ3v) is 6.64. The molecule has 0 N–H and O–H groups in total. The van der Waals surface area contributed by atoms with E-state index in [9.17, 15) is 4.79 Å². The minimum Gasteiger partial charge on any atom is -0.299 e. The van der Waals surface area contributed by atoms with Gasteiger partial charge < -0.3 is 0 Å². The van der Waals surface area contributed by atoms with Gasteiger partial charge in [-0.2, -0.15) is 0 Å². The van der Waals surface area contributed by atoms with Crippen molar-refractivity contribution in [2.45, 2.75) is 12.8 Å². The van der Waals surface area contributed by atoms with E-state index in [1.165, 1.54) is 0 Å². The number of halogens is 4. The van der Waals surface area contributed by atoms with Crippen molar-refractivity contribution in [3.05, 3.63) is 116 Å². The molecule has 1 nitrogen and oxygen atoms in total. The molecule has 4 aromatic rings. The van der Waals surface area contributed by atoms with Crippen LogP contribution in [0, 0.1) is 0 Å². The van der Waals surface area contributed by atoms with Gasteiger partial charge in [0.2, 0.25) is 0 Å². The van der Waals surface area contributed by atoms with E-state index in [4.69, 9.17) is 46.4 Å². The molecule has 0 spiro atoms. The van der Waals surface area contributed by atoms with Crippen LogP contribution < -0.4 is 0 Å². The SMILES string of the molecule is O=C(Cc1cccc(-c2ccc(Cl)cc2)c1Cl)Cc1cccc(-c2ccc(Cl)cc2)c1Cl. The molecule has 0 unspecified atom stereocenters. The molecular weight excluding hydrogens is 482 g/mol. The van der Waals surface area contributed by atoms with Crippen molar-refractivity contribution in [2.75, 3.05) is 0 Å². The van der Waals surface area contributed by atoms with E-state index in [1.807, 2.05) is 84.9 Å². The second-order valence-corrected chi connectivity index (χ2v) is 9.09. The molecule has 0 saturated heterocycles. The first-order chi connectivity index (χ1) is 15.4. The number of hydrogen-bond donors (Lipinski definition) is 0. The second kappa shape index (κ2) is 10.1. The quantitative estimate of drug-likeness (QED) is 0.258. The summed E-state index contributed by atoms with van der Waals surface area (Å²) in [6.45, 7) is 0. The van der Waals surface area contributed by atoms with Gasteiger partial charge in [-0.3, -0.25) is 4.79 Å². The Balaban J connectivity index is 1.55. The third-order valence-electron chi connectivity index (χ3n) is 5.24. The summed E-state index contributed by atoms with van der Waals surface area (Å²) in [7, 11) is 0. The fraction of sp³-hybridized carbons (Fsp3) is 0.0741. The normalized spacial score (nSPS) is 10.9. The van der Waals surface area contributed by atoms with Crippen LogP contribution in [-0.4, -0.2) is 5.78 Å². The topological polar surface area (TPSA) is 17.1 Å². The number of Topliss-reactive ketones (excluding diaryl/α,β-unsaturated/α-hetero) is 1. The van der Waals surface area contributed by atoms with E-state index in [-0.39, 0.29) is 18.6 Å². The number of ketones is 1. The Bertz CT molecular complexity index is 1160. The van der Waals surface area contributed by atoms with E-state index in [0.717, 1.165) is 33.4 Å². The summed E-state index contributed by atoms with van der Waals surface area (Å²) < 4.78 is 0. The highest BCUT2D eigenvalue weighted by Gasteiger charge is 2.15. The zero-order chi connectivity index (χ0) is 22.7. The summed E-state index contributed by atoms with van der Waals surface area (Å²) in [6, 6.07) is 26.4. The predicted octanol–water partition coefficient (Wildman–Crippen LogP) is 8.99. The summed E-state index contributed by atoms with van der Waals surface area (Å²) in [5, 5.41) is 2.47. The molecule has 0 aliphatic heterocycles. The Morgan fingerprint density at radius 1 is 0.531 bits per heavy atom. The van der Waals surface area contributed by atoms with Gasteiger partial charge in [0, 0.05) is 34.0 Å². The van der Waals surface area contributed by atoms with E-state index < -0.39 is 0 Å². The van der Waals surface area contributed by atoms with Gasteiger partial charge in [-0.15, -0.1) is 0 Å². The van der Waals surface area contributed by atoms with Crippen molar-refractivity contribution in [1.29, 1.82) is 0 Å². The highest BCUT2D eigenvalue weighted by molar-refractivity contribution is 6.35. The Morgan fingerprint density at radius 3 is 1.28 bits per heavy atom. The minimum atomic E-state index is 0.0373. The Morgan fingerprint density at radius 2 is 0.906 bits per heavy atom. The van der Waals surface area contributed by atoms with Crippen LogP contribution in [0.2, 0.25) is 20.1 Å². The van der Waals surface area contributed by atoms with Crippen molar-refractivity contribution >= 4 is 52.2 Å². The maximum Gasteiger partial charge on any atom is 0.141 e. The lowest BCUT2D eigenvalue weighted by Crippen LogP contribution is -2.08. The summed E-state index contributed by atoms with van der Waals surface area (Å²) in [6.07, 6.45) is 0.448. The molecular formula is C27H18Cl4O. The average molecular weight is 500 g/mol. The van der Waals surface area contributed by atoms with Crippen LogP contribution in [-0.2, 0) is 17.6 Å². The average Bonchev–Trinajstić information content (AvgIpc) is 2.78. The lowest BCUT2D eigenvalue weighted by Gasteiger charge is -2.12.